The molecule has 11 heteroatoms. The van der Waals surface area contributed by atoms with E-state index in [1.165, 1.54) is 30.0 Å². The summed E-state index contributed by atoms with van der Waals surface area (Å²) in [7, 11) is 2.97. The van der Waals surface area contributed by atoms with Crippen LogP contribution >= 0.6 is 0 Å². The average molecular weight is 455 g/mol. The largest absolute Gasteiger partial charge is 0.493 e. The Morgan fingerprint density at radius 3 is 2.33 bits per heavy atom. The number of nitriles is 2. The van der Waals surface area contributed by atoms with Crippen LogP contribution in [0.1, 0.15) is 25.7 Å². The molecule has 0 atom stereocenters. The van der Waals surface area contributed by atoms with Gasteiger partial charge in [0.1, 0.15) is 0 Å². The van der Waals surface area contributed by atoms with Crippen LogP contribution in [0.3, 0.4) is 0 Å². The predicted octanol–water partition coefficient (Wildman–Crippen LogP) is 1.39. The predicted molar refractivity (Wildman–Crippen MR) is 116 cm³/mol. The summed E-state index contributed by atoms with van der Waals surface area (Å²) in [5.74, 6) is -0.176. The van der Waals surface area contributed by atoms with Crippen LogP contribution < -0.4 is 15.0 Å². The molecule has 0 fully saturated rings. The van der Waals surface area contributed by atoms with Gasteiger partial charge >= 0.3 is 5.97 Å². The van der Waals surface area contributed by atoms with Gasteiger partial charge in [0.25, 0.3) is 11.5 Å². The zero-order chi connectivity index (χ0) is 24.2. The quantitative estimate of drug-likeness (QED) is 0.433. The topological polar surface area (TPSA) is 148 Å². The van der Waals surface area contributed by atoms with Gasteiger partial charge in [-0.1, -0.05) is 0 Å². The summed E-state index contributed by atoms with van der Waals surface area (Å²) in [6.07, 6.45) is 1.95. The van der Waals surface area contributed by atoms with Gasteiger partial charge in [0.15, 0.2) is 18.1 Å². The number of fused-ring (bicyclic) bond motifs is 1. The number of amides is 1. The van der Waals surface area contributed by atoms with E-state index in [0.29, 0.717) is 28.8 Å². The second-order valence-corrected chi connectivity index (χ2v) is 6.93. The third kappa shape index (κ3) is 6.94. The van der Waals surface area contributed by atoms with Crippen molar-refractivity contribution in [3.05, 3.63) is 28.8 Å². The maximum atomic E-state index is 12.7. The molecule has 1 aromatic heterocycles. The number of aromatic nitrogens is 2. The lowest BCUT2D eigenvalue weighted by Gasteiger charge is -2.20. The second-order valence-electron chi connectivity index (χ2n) is 6.93. The minimum Gasteiger partial charge on any atom is -0.493 e. The monoisotopic (exact) mass is 455 g/mol. The van der Waals surface area contributed by atoms with E-state index in [1.807, 2.05) is 12.1 Å². The molecule has 0 N–H and O–H groups in total. The lowest BCUT2D eigenvalue weighted by atomic mass is 10.2. The SMILES string of the molecule is COc1cc2ncn(CCCC(=O)OCC(=O)N(CCC#N)CCC#N)c(=O)c2cc1OC. The van der Waals surface area contributed by atoms with Gasteiger partial charge in [0.2, 0.25) is 0 Å². The molecule has 0 saturated heterocycles. The normalized spacial score (nSPS) is 10.2. The van der Waals surface area contributed by atoms with Crippen LogP contribution in [-0.4, -0.2) is 60.2 Å². The molecule has 1 heterocycles. The first-order chi connectivity index (χ1) is 15.9. The lowest BCUT2D eigenvalue weighted by Crippen LogP contribution is -2.36. The fraction of sp³-hybridized carbons (Fsp3) is 0.455. The van der Waals surface area contributed by atoms with E-state index >= 15 is 0 Å². The van der Waals surface area contributed by atoms with E-state index in [9.17, 15) is 14.4 Å². The highest BCUT2D eigenvalue weighted by molar-refractivity contribution is 5.82. The summed E-state index contributed by atoms with van der Waals surface area (Å²) in [5.41, 5.74) is 0.180. The number of carbonyl (C=O) groups is 2. The Morgan fingerprint density at radius 1 is 1.09 bits per heavy atom. The zero-order valence-electron chi connectivity index (χ0n) is 18.6. The van der Waals surface area contributed by atoms with Gasteiger partial charge in [0.05, 0.1) is 56.4 Å². The van der Waals surface area contributed by atoms with Crippen molar-refractivity contribution < 1.29 is 23.8 Å². The first-order valence-corrected chi connectivity index (χ1v) is 10.2. The number of nitrogens with zero attached hydrogens (tertiary/aromatic N) is 5. The molecule has 0 unspecified atom stereocenters. The van der Waals surface area contributed by atoms with Crippen molar-refractivity contribution in [3.63, 3.8) is 0 Å². The van der Waals surface area contributed by atoms with E-state index < -0.39 is 18.5 Å². The first-order valence-electron chi connectivity index (χ1n) is 10.2. The van der Waals surface area contributed by atoms with Gasteiger partial charge in [-0.2, -0.15) is 10.5 Å². The van der Waals surface area contributed by atoms with Crippen LogP contribution in [0, 0.1) is 22.7 Å². The molecule has 0 radical (unpaired) electrons. The van der Waals surface area contributed by atoms with Gasteiger partial charge in [-0.25, -0.2) is 4.98 Å². The van der Waals surface area contributed by atoms with Gasteiger partial charge in [0, 0.05) is 32.1 Å². The Labute approximate surface area is 190 Å². The Morgan fingerprint density at radius 2 is 1.73 bits per heavy atom. The number of benzene rings is 1. The van der Waals surface area contributed by atoms with Crippen molar-refractivity contribution in [2.45, 2.75) is 32.2 Å². The molecular formula is C22H25N5O6. The molecule has 0 aliphatic carbocycles. The highest BCUT2D eigenvalue weighted by Crippen LogP contribution is 2.29. The van der Waals surface area contributed by atoms with Gasteiger partial charge < -0.3 is 19.1 Å². The summed E-state index contributed by atoms with van der Waals surface area (Å²) in [6.45, 7) is 0.108. The summed E-state index contributed by atoms with van der Waals surface area (Å²) in [4.78, 5) is 42.5. The number of methoxy groups -OCH3 is 2. The van der Waals surface area contributed by atoms with E-state index in [2.05, 4.69) is 4.98 Å². The summed E-state index contributed by atoms with van der Waals surface area (Å²) in [5, 5.41) is 17.7. The van der Waals surface area contributed by atoms with Crippen molar-refractivity contribution >= 4 is 22.8 Å². The van der Waals surface area contributed by atoms with Gasteiger partial charge in [-0.05, 0) is 12.5 Å². The third-order valence-corrected chi connectivity index (χ3v) is 4.81. The molecule has 0 aliphatic rings. The standard InChI is InChI=1S/C22H25N5O6/c1-31-18-12-16-17(13-19(18)32-2)25-15-27(22(16)30)9-3-6-21(29)33-14-20(28)26(10-4-7-23)11-5-8-24/h12-13,15H,3-6,9-11,14H2,1-2H3. The Kier molecular flexibility index (Phi) is 9.65. The number of esters is 1. The minimum absolute atomic E-state index is 0.0000813. The summed E-state index contributed by atoms with van der Waals surface area (Å²) >= 11 is 0. The Balaban J connectivity index is 1.91. The maximum absolute atomic E-state index is 12.7. The first kappa shape index (κ1) is 25.1. The summed E-state index contributed by atoms with van der Waals surface area (Å²) in [6, 6.07) is 7.05. The van der Waals surface area contributed by atoms with Crippen molar-refractivity contribution in [2.75, 3.05) is 33.9 Å². The van der Waals surface area contributed by atoms with Gasteiger partial charge in [-0.15, -0.1) is 0 Å². The number of rotatable bonds is 12. The molecule has 2 aromatic rings. The second kappa shape index (κ2) is 12.7. The van der Waals surface area contributed by atoms with Crippen LogP contribution in [0.15, 0.2) is 23.3 Å². The number of aryl methyl sites for hydroxylation is 1. The molecule has 2 rings (SSSR count). The van der Waals surface area contributed by atoms with Crippen LogP contribution in [0.4, 0.5) is 0 Å². The zero-order valence-corrected chi connectivity index (χ0v) is 18.6. The molecule has 0 aliphatic heterocycles. The van der Waals surface area contributed by atoms with Crippen LogP contribution in [0.2, 0.25) is 0 Å². The maximum Gasteiger partial charge on any atom is 0.306 e. The Hall–Kier alpha value is -4.12. The minimum atomic E-state index is -0.586. The molecule has 1 amide bonds. The molecule has 33 heavy (non-hydrogen) atoms. The number of carbonyl (C=O) groups excluding carboxylic acids is 2. The fourth-order valence-electron chi connectivity index (χ4n) is 3.08. The molecule has 0 bridgehead atoms. The van der Waals surface area contributed by atoms with Crippen LogP contribution in [0.5, 0.6) is 11.5 Å². The van der Waals surface area contributed by atoms with Crippen molar-refractivity contribution in [3.8, 4) is 23.6 Å². The van der Waals surface area contributed by atoms with E-state index in [-0.39, 0.29) is 44.5 Å². The van der Waals surface area contributed by atoms with Crippen molar-refractivity contribution in [1.29, 1.82) is 10.5 Å². The molecule has 0 spiro atoms. The van der Waals surface area contributed by atoms with Crippen LogP contribution in [-0.2, 0) is 20.9 Å². The highest BCUT2D eigenvalue weighted by Gasteiger charge is 2.16. The smallest absolute Gasteiger partial charge is 0.306 e. The van der Waals surface area contributed by atoms with E-state index in [0.717, 1.165) is 0 Å². The summed E-state index contributed by atoms with van der Waals surface area (Å²) < 4.78 is 16.8. The van der Waals surface area contributed by atoms with Gasteiger partial charge in [-0.3, -0.25) is 19.0 Å². The third-order valence-electron chi connectivity index (χ3n) is 4.81. The van der Waals surface area contributed by atoms with Crippen molar-refractivity contribution in [2.24, 2.45) is 0 Å². The molecular weight excluding hydrogens is 430 g/mol. The van der Waals surface area contributed by atoms with E-state index in [1.54, 1.807) is 12.1 Å². The molecule has 1 aromatic carbocycles. The lowest BCUT2D eigenvalue weighted by molar-refractivity contribution is -0.152. The number of ether oxygens (including phenoxy) is 3. The van der Waals surface area contributed by atoms with Crippen molar-refractivity contribution in [1.82, 2.24) is 14.5 Å². The highest BCUT2D eigenvalue weighted by atomic mass is 16.5. The molecule has 174 valence electrons. The number of hydrogen-bond acceptors (Lipinski definition) is 9. The molecule has 0 saturated carbocycles. The number of hydrogen-bond donors (Lipinski definition) is 0. The average Bonchev–Trinajstić information content (AvgIpc) is 2.83. The van der Waals surface area contributed by atoms with Crippen LogP contribution in [0.25, 0.3) is 10.9 Å². The Bertz CT molecular complexity index is 1110. The van der Waals surface area contributed by atoms with E-state index in [4.69, 9.17) is 24.7 Å². The molecule has 11 nitrogen and oxygen atoms in total. The fourth-order valence-corrected chi connectivity index (χ4v) is 3.08.